The van der Waals surface area contributed by atoms with Crippen LogP contribution in [0.5, 0.6) is 11.5 Å². The van der Waals surface area contributed by atoms with E-state index in [0.717, 1.165) is 36.7 Å². The van der Waals surface area contributed by atoms with E-state index in [9.17, 15) is 14.0 Å². The molecule has 0 saturated heterocycles. The number of halogens is 2. The maximum absolute atomic E-state index is 13.4. The first-order valence-electron chi connectivity index (χ1n) is 10.1. The van der Waals surface area contributed by atoms with Crippen molar-refractivity contribution in [1.29, 1.82) is 0 Å². The highest BCUT2D eigenvalue weighted by Gasteiger charge is 2.68. The number of nitrogens with one attached hydrogen (secondary N) is 1. The molecule has 1 heterocycles. The van der Waals surface area contributed by atoms with Crippen LogP contribution in [0, 0.1) is 25.1 Å². The number of aromatic nitrogens is 2. The van der Waals surface area contributed by atoms with Crippen molar-refractivity contribution < 1.29 is 23.5 Å². The number of hydrogen-bond donors (Lipinski definition) is 1. The average molecular weight is 450 g/mol. The number of amides is 1. The number of hydrogen-bond acceptors (Lipinski definition) is 5. The summed E-state index contributed by atoms with van der Waals surface area (Å²) in [5, 5.41) is 7.28. The lowest BCUT2D eigenvalue weighted by molar-refractivity contribution is -0.173. The lowest BCUT2D eigenvalue weighted by Crippen LogP contribution is -2.75. The predicted octanol–water partition coefficient (Wildman–Crippen LogP) is 3.29. The number of rotatable bonds is 9. The zero-order chi connectivity index (χ0) is 22.4. The third-order valence-corrected chi connectivity index (χ3v) is 6.50. The van der Waals surface area contributed by atoms with E-state index < -0.39 is 5.82 Å². The van der Waals surface area contributed by atoms with Crippen molar-refractivity contribution in [1.82, 2.24) is 15.1 Å². The van der Waals surface area contributed by atoms with Gasteiger partial charge in [0.25, 0.3) is 5.91 Å². The monoisotopic (exact) mass is 449 g/mol. The Balaban J connectivity index is 1.19. The van der Waals surface area contributed by atoms with E-state index >= 15 is 0 Å². The number of aryl methyl sites for hydroxylation is 2. The molecule has 3 fully saturated rings. The molecular formula is C22H25ClFN3O4. The van der Waals surface area contributed by atoms with Gasteiger partial charge < -0.3 is 14.8 Å². The fraction of sp³-hybridized carbons (Fsp3) is 0.500. The molecular weight excluding hydrogens is 425 g/mol. The van der Waals surface area contributed by atoms with Crippen LogP contribution in [0.25, 0.3) is 0 Å². The molecule has 0 spiro atoms. The van der Waals surface area contributed by atoms with Gasteiger partial charge >= 0.3 is 0 Å². The number of carbonyl (C=O) groups is 2. The second kappa shape index (κ2) is 7.82. The highest BCUT2D eigenvalue weighted by molar-refractivity contribution is 6.30. The molecule has 0 atom stereocenters. The summed E-state index contributed by atoms with van der Waals surface area (Å²) in [6, 6.07) is 4.04. The first-order chi connectivity index (χ1) is 14.6. The molecule has 1 N–H and O–H groups in total. The van der Waals surface area contributed by atoms with Crippen molar-refractivity contribution in [2.75, 3.05) is 13.2 Å². The minimum Gasteiger partial charge on any atom is -0.484 e. The van der Waals surface area contributed by atoms with Crippen LogP contribution in [0.1, 0.15) is 37.1 Å². The van der Waals surface area contributed by atoms with Gasteiger partial charge in [0.05, 0.1) is 10.7 Å². The van der Waals surface area contributed by atoms with Gasteiger partial charge in [0.15, 0.2) is 18.1 Å². The van der Waals surface area contributed by atoms with Gasteiger partial charge in [-0.15, -0.1) is 0 Å². The van der Waals surface area contributed by atoms with Gasteiger partial charge in [-0.05, 0) is 50.7 Å². The lowest BCUT2D eigenvalue weighted by Gasteiger charge is -2.70. The number of carbonyl (C=O) groups excluding carboxylic acids is 2. The molecule has 1 aromatic carbocycles. The topological polar surface area (TPSA) is 82.5 Å². The quantitative estimate of drug-likeness (QED) is 0.635. The van der Waals surface area contributed by atoms with Crippen LogP contribution < -0.4 is 14.8 Å². The summed E-state index contributed by atoms with van der Waals surface area (Å²) in [5.41, 5.74) is 1.38. The van der Waals surface area contributed by atoms with Crippen molar-refractivity contribution in [3.63, 3.8) is 0 Å². The second-order valence-corrected chi connectivity index (χ2v) is 9.26. The number of ether oxygens (including phenoxy) is 2. The molecule has 0 aliphatic heterocycles. The Morgan fingerprint density at radius 3 is 2.55 bits per heavy atom. The fourth-order valence-corrected chi connectivity index (χ4v) is 5.07. The van der Waals surface area contributed by atoms with Crippen molar-refractivity contribution in [2.45, 2.75) is 45.1 Å². The first-order valence-corrected chi connectivity index (χ1v) is 10.5. The van der Waals surface area contributed by atoms with Crippen LogP contribution in [0.4, 0.5) is 4.39 Å². The minimum absolute atomic E-state index is 0.00150. The van der Waals surface area contributed by atoms with E-state index in [4.69, 9.17) is 21.1 Å². The molecule has 1 amide bonds. The molecule has 2 bridgehead atoms. The molecule has 7 nitrogen and oxygen atoms in total. The minimum atomic E-state index is -0.594. The molecule has 3 aliphatic carbocycles. The van der Waals surface area contributed by atoms with Gasteiger partial charge in [-0.2, -0.15) is 5.10 Å². The maximum atomic E-state index is 13.4. The largest absolute Gasteiger partial charge is 0.484 e. The summed E-state index contributed by atoms with van der Waals surface area (Å²) in [6.45, 7) is 3.58. The zero-order valence-electron chi connectivity index (χ0n) is 17.8. The van der Waals surface area contributed by atoms with Crippen molar-refractivity contribution in [2.24, 2.45) is 12.5 Å². The Hall–Kier alpha value is -2.61. The molecule has 3 saturated carbocycles. The van der Waals surface area contributed by atoms with E-state index in [2.05, 4.69) is 10.4 Å². The summed E-state index contributed by atoms with van der Waals surface area (Å²) < 4.78 is 26.2. The Bertz CT molecular complexity index is 1030. The van der Waals surface area contributed by atoms with Crippen LogP contribution in [0.2, 0.25) is 5.02 Å². The zero-order valence-corrected chi connectivity index (χ0v) is 18.5. The normalized spacial score (nSPS) is 23.5. The van der Waals surface area contributed by atoms with E-state index in [1.165, 1.54) is 12.1 Å². The standard InChI is InChI=1S/C22H25ClFN3O4/c1-13-20(14(2)27(3)26-13)31-8-15(28)7-21-10-22(11-21,12-21)25-19(29)9-30-16-4-5-17(23)18(24)6-16/h4-6H,7-12H2,1-3H3,(H,25,29). The second-order valence-electron chi connectivity index (χ2n) is 8.85. The highest BCUT2D eigenvalue weighted by atomic mass is 35.5. The fourth-order valence-electron chi connectivity index (χ4n) is 4.95. The van der Waals surface area contributed by atoms with E-state index in [1.54, 1.807) is 4.68 Å². The molecule has 2 aromatic rings. The molecule has 31 heavy (non-hydrogen) atoms. The molecule has 0 radical (unpaired) electrons. The number of ketones is 1. The van der Waals surface area contributed by atoms with Crippen LogP contribution in [0.15, 0.2) is 18.2 Å². The number of benzene rings is 1. The number of nitrogens with zero attached hydrogens (tertiary/aromatic N) is 2. The predicted molar refractivity (Wildman–Crippen MR) is 112 cm³/mol. The molecule has 166 valence electrons. The summed E-state index contributed by atoms with van der Waals surface area (Å²) >= 11 is 5.63. The van der Waals surface area contributed by atoms with Crippen LogP contribution in [0.3, 0.4) is 0 Å². The van der Waals surface area contributed by atoms with Crippen LogP contribution in [-0.4, -0.2) is 40.2 Å². The Morgan fingerprint density at radius 1 is 1.23 bits per heavy atom. The summed E-state index contributed by atoms with van der Waals surface area (Å²) in [6.07, 6.45) is 2.78. The Kier molecular flexibility index (Phi) is 5.45. The molecule has 9 heteroatoms. The molecule has 3 aliphatic rings. The molecule has 1 aromatic heterocycles. The van der Waals surface area contributed by atoms with Crippen LogP contribution >= 0.6 is 11.6 Å². The average Bonchev–Trinajstić information content (AvgIpc) is 2.90. The SMILES string of the molecule is Cc1nn(C)c(C)c1OCC(=O)CC12CC(NC(=O)COc3ccc(Cl)c(F)c3)(C1)C2. The van der Waals surface area contributed by atoms with Gasteiger partial charge in [-0.25, -0.2) is 4.39 Å². The van der Waals surface area contributed by atoms with Crippen molar-refractivity contribution in [3.05, 3.63) is 40.4 Å². The van der Waals surface area contributed by atoms with E-state index in [0.29, 0.717) is 12.2 Å². The van der Waals surface area contributed by atoms with Crippen molar-refractivity contribution in [3.8, 4) is 11.5 Å². The number of Topliss-reactive ketones (excluding diaryl/α,β-unsaturated/α-hetero) is 1. The molecule has 0 unspecified atom stereocenters. The Morgan fingerprint density at radius 2 is 1.94 bits per heavy atom. The summed E-state index contributed by atoms with van der Waals surface area (Å²) in [7, 11) is 1.84. The van der Waals surface area contributed by atoms with E-state index in [-0.39, 0.29) is 46.6 Å². The highest BCUT2D eigenvalue weighted by Crippen LogP contribution is 2.69. The van der Waals surface area contributed by atoms with Crippen molar-refractivity contribution >= 4 is 23.3 Å². The third kappa shape index (κ3) is 4.26. The summed E-state index contributed by atoms with van der Waals surface area (Å²) in [5.74, 6) is 0.105. The van der Waals surface area contributed by atoms with Gasteiger partial charge in [-0.1, -0.05) is 11.6 Å². The first kappa shape index (κ1) is 21.6. The van der Waals surface area contributed by atoms with Gasteiger partial charge in [-0.3, -0.25) is 14.3 Å². The van der Waals surface area contributed by atoms with Crippen LogP contribution in [-0.2, 0) is 16.6 Å². The van der Waals surface area contributed by atoms with Gasteiger partial charge in [0.2, 0.25) is 0 Å². The third-order valence-electron chi connectivity index (χ3n) is 6.20. The Labute approximate surface area is 184 Å². The maximum Gasteiger partial charge on any atom is 0.258 e. The van der Waals surface area contributed by atoms with Gasteiger partial charge in [0, 0.05) is 25.1 Å². The summed E-state index contributed by atoms with van der Waals surface area (Å²) in [4.78, 5) is 24.6. The van der Waals surface area contributed by atoms with E-state index in [1.807, 2.05) is 20.9 Å². The van der Waals surface area contributed by atoms with Gasteiger partial charge in [0.1, 0.15) is 23.9 Å². The lowest BCUT2D eigenvalue weighted by atomic mass is 9.38. The smallest absolute Gasteiger partial charge is 0.258 e. The molecule has 5 rings (SSSR count).